The van der Waals surface area contributed by atoms with Gasteiger partial charge in [-0.2, -0.15) is 0 Å². The highest BCUT2D eigenvalue weighted by Crippen LogP contribution is 2.34. The van der Waals surface area contributed by atoms with Crippen LogP contribution in [0.1, 0.15) is 49.8 Å². The third-order valence-electron chi connectivity index (χ3n) is 3.44. The Kier molecular flexibility index (Phi) is 6.50. The maximum Gasteiger partial charge on any atom is 0.125 e. The molecule has 3 heteroatoms. The zero-order valence-electron chi connectivity index (χ0n) is 13.4. The Morgan fingerprint density at radius 2 is 1.85 bits per heavy atom. The predicted molar refractivity (Wildman–Crippen MR) is 84.3 cm³/mol. The van der Waals surface area contributed by atoms with Crippen molar-refractivity contribution in [2.75, 3.05) is 13.2 Å². The summed E-state index contributed by atoms with van der Waals surface area (Å²) >= 11 is 0. The van der Waals surface area contributed by atoms with Crippen LogP contribution < -0.4 is 10.5 Å². The second-order valence-corrected chi connectivity index (χ2v) is 6.23. The Morgan fingerprint density at radius 3 is 2.40 bits per heavy atom. The molecule has 0 aromatic heterocycles. The van der Waals surface area contributed by atoms with Gasteiger partial charge < -0.3 is 15.6 Å². The Labute approximate surface area is 123 Å². The third-order valence-corrected chi connectivity index (χ3v) is 3.44. The fraction of sp³-hybridized carbons (Fsp3) is 0.647. The average Bonchev–Trinajstić information content (AvgIpc) is 2.36. The molecule has 1 rings (SSSR count). The van der Waals surface area contributed by atoms with Crippen LogP contribution in [0.15, 0.2) is 12.1 Å². The van der Waals surface area contributed by atoms with Crippen LogP contribution in [0.4, 0.5) is 0 Å². The molecule has 0 bridgehead atoms. The highest BCUT2D eigenvalue weighted by atomic mass is 16.5. The standard InChI is InChI=1S/C17H29NO2/c1-11(2)10-20-17-14(5)6-12(3)7-16(17)13(4)8-15(19)9-18/h6-7,11,13,15,19H,8-10,18H2,1-5H3. The molecule has 3 N–H and O–H groups in total. The number of rotatable bonds is 7. The second-order valence-electron chi connectivity index (χ2n) is 6.23. The van der Waals surface area contributed by atoms with E-state index in [-0.39, 0.29) is 5.92 Å². The number of hydrogen-bond donors (Lipinski definition) is 2. The monoisotopic (exact) mass is 279 g/mol. The highest BCUT2D eigenvalue weighted by Gasteiger charge is 2.18. The van der Waals surface area contributed by atoms with E-state index < -0.39 is 6.10 Å². The van der Waals surface area contributed by atoms with Crippen LogP contribution in [0.2, 0.25) is 0 Å². The molecule has 0 aliphatic heterocycles. The van der Waals surface area contributed by atoms with E-state index in [4.69, 9.17) is 10.5 Å². The van der Waals surface area contributed by atoms with Gasteiger partial charge in [0.15, 0.2) is 0 Å². The van der Waals surface area contributed by atoms with Crippen molar-refractivity contribution in [3.63, 3.8) is 0 Å². The van der Waals surface area contributed by atoms with Crippen molar-refractivity contribution in [2.45, 2.75) is 53.1 Å². The molecule has 1 aromatic rings. The molecular weight excluding hydrogens is 250 g/mol. The molecule has 0 aliphatic carbocycles. The van der Waals surface area contributed by atoms with E-state index in [1.165, 1.54) is 11.1 Å². The van der Waals surface area contributed by atoms with E-state index in [2.05, 4.69) is 46.8 Å². The molecule has 0 saturated carbocycles. The summed E-state index contributed by atoms with van der Waals surface area (Å²) in [6.07, 6.45) is 0.209. The number of benzene rings is 1. The summed E-state index contributed by atoms with van der Waals surface area (Å²) in [6.45, 7) is 11.6. The first-order valence-electron chi connectivity index (χ1n) is 7.47. The Morgan fingerprint density at radius 1 is 1.20 bits per heavy atom. The van der Waals surface area contributed by atoms with Crippen molar-refractivity contribution < 1.29 is 9.84 Å². The van der Waals surface area contributed by atoms with E-state index in [1.807, 2.05) is 0 Å². The van der Waals surface area contributed by atoms with Gasteiger partial charge in [0.2, 0.25) is 0 Å². The molecule has 0 saturated heterocycles. The smallest absolute Gasteiger partial charge is 0.125 e. The van der Waals surface area contributed by atoms with Crippen LogP contribution in [0.3, 0.4) is 0 Å². The molecule has 0 spiro atoms. The van der Waals surface area contributed by atoms with Crippen LogP contribution >= 0.6 is 0 Å². The first kappa shape index (κ1) is 17.0. The van der Waals surface area contributed by atoms with E-state index >= 15 is 0 Å². The lowest BCUT2D eigenvalue weighted by Crippen LogP contribution is -2.22. The van der Waals surface area contributed by atoms with Gasteiger partial charge in [0.25, 0.3) is 0 Å². The molecule has 0 radical (unpaired) electrons. The SMILES string of the molecule is Cc1cc(C)c(OCC(C)C)c(C(C)CC(O)CN)c1. The van der Waals surface area contributed by atoms with Gasteiger partial charge in [0.1, 0.15) is 5.75 Å². The summed E-state index contributed by atoms with van der Waals surface area (Å²) in [7, 11) is 0. The van der Waals surface area contributed by atoms with Crippen molar-refractivity contribution in [1.82, 2.24) is 0 Å². The van der Waals surface area contributed by atoms with Crippen LogP contribution in [-0.2, 0) is 0 Å². The zero-order chi connectivity index (χ0) is 15.3. The number of hydrogen-bond acceptors (Lipinski definition) is 3. The number of aliphatic hydroxyl groups is 1. The molecular formula is C17H29NO2. The van der Waals surface area contributed by atoms with Gasteiger partial charge in [-0.15, -0.1) is 0 Å². The lowest BCUT2D eigenvalue weighted by molar-refractivity contribution is 0.164. The van der Waals surface area contributed by atoms with Crippen LogP contribution in [0, 0.1) is 19.8 Å². The molecule has 1 aromatic carbocycles. The lowest BCUT2D eigenvalue weighted by atomic mass is 9.91. The van der Waals surface area contributed by atoms with E-state index in [9.17, 15) is 5.11 Å². The Hall–Kier alpha value is -1.06. The van der Waals surface area contributed by atoms with Crippen LogP contribution in [-0.4, -0.2) is 24.4 Å². The summed E-state index contributed by atoms with van der Waals surface area (Å²) in [5.74, 6) is 1.70. The minimum absolute atomic E-state index is 0.231. The van der Waals surface area contributed by atoms with Crippen LogP contribution in [0.25, 0.3) is 0 Å². The fourth-order valence-electron chi connectivity index (χ4n) is 2.43. The van der Waals surface area contributed by atoms with Crippen LogP contribution in [0.5, 0.6) is 5.75 Å². The minimum atomic E-state index is -0.455. The van der Waals surface area contributed by atoms with Gasteiger partial charge in [-0.3, -0.25) is 0 Å². The molecule has 20 heavy (non-hydrogen) atoms. The van der Waals surface area contributed by atoms with Gasteiger partial charge >= 0.3 is 0 Å². The van der Waals surface area contributed by atoms with Crippen molar-refractivity contribution in [1.29, 1.82) is 0 Å². The molecule has 0 aliphatic rings. The zero-order valence-corrected chi connectivity index (χ0v) is 13.4. The maximum atomic E-state index is 9.77. The molecule has 0 fully saturated rings. The van der Waals surface area contributed by atoms with E-state index in [1.54, 1.807) is 0 Å². The number of nitrogens with two attached hydrogens (primary N) is 1. The molecule has 2 unspecified atom stereocenters. The van der Waals surface area contributed by atoms with Gasteiger partial charge in [-0.05, 0) is 43.2 Å². The first-order valence-corrected chi connectivity index (χ1v) is 7.47. The Balaban J connectivity index is 3.02. The second kappa shape index (κ2) is 7.65. The summed E-state index contributed by atoms with van der Waals surface area (Å²) in [5.41, 5.74) is 9.08. The number of aryl methyl sites for hydroxylation is 2. The van der Waals surface area contributed by atoms with Crippen molar-refractivity contribution in [2.24, 2.45) is 11.7 Å². The number of ether oxygens (including phenoxy) is 1. The average molecular weight is 279 g/mol. The molecule has 3 nitrogen and oxygen atoms in total. The molecule has 0 heterocycles. The summed E-state index contributed by atoms with van der Waals surface area (Å²) in [4.78, 5) is 0. The van der Waals surface area contributed by atoms with Crippen molar-refractivity contribution in [3.05, 3.63) is 28.8 Å². The third kappa shape index (κ3) is 4.80. The predicted octanol–water partition coefficient (Wildman–Crippen LogP) is 3.15. The quantitative estimate of drug-likeness (QED) is 0.806. The van der Waals surface area contributed by atoms with Gasteiger partial charge in [0.05, 0.1) is 12.7 Å². The topological polar surface area (TPSA) is 55.5 Å². The number of aliphatic hydroxyl groups excluding tert-OH is 1. The molecule has 114 valence electrons. The van der Waals surface area contributed by atoms with Crippen molar-refractivity contribution in [3.8, 4) is 5.75 Å². The normalized spacial score (nSPS) is 14.4. The largest absolute Gasteiger partial charge is 0.493 e. The minimum Gasteiger partial charge on any atom is -0.493 e. The van der Waals surface area contributed by atoms with Gasteiger partial charge in [-0.1, -0.05) is 38.5 Å². The Bertz CT molecular complexity index is 429. The molecule has 0 amide bonds. The van der Waals surface area contributed by atoms with E-state index in [0.29, 0.717) is 25.5 Å². The van der Waals surface area contributed by atoms with Crippen molar-refractivity contribution >= 4 is 0 Å². The first-order chi connectivity index (χ1) is 9.35. The summed E-state index contributed by atoms with van der Waals surface area (Å²) in [6, 6.07) is 4.31. The molecule has 2 atom stereocenters. The highest BCUT2D eigenvalue weighted by molar-refractivity contribution is 5.45. The summed E-state index contributed by atoms with van der Waals surface area (Å²) < 4.78 is 6.01. The lowest BCUT2D eigenvalue weighted by Gasteiger charge is -2.22. The summed E-state index contributed by atoms with van der Waals surface area (Å²) in [5, 5.41) is 9.77. The van der Waals surface area contributed by atoms with Gasteiger partial charge in [0, 0.05) is 6.54 Å². The maximum absolute atomic E-state index is 9.77. The van der Waals surface area contributed by atoms with Gasteiger partial charge in [-0.25, -0.2) is 0 Å². The van der Waals surface area contributed by atoms with E-state index in [0.717, 1.165) is 11.3 Å². The fourth-order valence-corrected chi connectivity index (χ4v) is 2.43.